The monoisotopic (exact) mass is 436 g/mol. The van der Waals surface area contributed by atoms with Crippen LogP contribution in [0.4, 0.5) is 10.5 Å². The fourth-order valence-corrected chi connectivity index (χ4v) is 5.85. The molecule has 0 bridgehead atoms. The first-order chi connectivity index (χ1) is 14.4. The second-order valence-electron chi connectivity index (χ2n) is 7.87. The SMILES string of the molecule is Cc1cc(N2CCCC2=O)ccc1S(=O)(=O)N1CCN(C(=O)N2CCOCC2)CC1. The van der Waals surface area contributed by atoms with E-state index >= 15 is 0 Å². The first kappa shape index (κ1) is 21.1. The Morgan fingerprint density at radius 3 is 2.23 bits per heavy atom. The van der Waals surface area contributed by atoms with Crippen LogP contribution in [-0.2, 0) is 19.6 Å². The first-order valence-corrected chi connectivity index (χ1v) is 11.8. The van der Waals surface area contributed by atoms with Crippen LogP contribution in [0.2, 0.25) is 0 Å². The van der Waals surface area contributed by atoms with E-state index in [2.05, 4.69) is 0 Å². The summed E-state index contributed by atoms with van der Waals surface area (Å²) >= 11 is 0. The fourth-order valence-electron chi connectivity index (χ4n) is 4.23. The molecule has 10 heteroatoms. The number of urea groups is 1. The molecule has 3 aliphatic rings. The zero-order chi connectivity index (χ0) is 21.3. The van der Waals surface area contributed by atoms with Crippen LogP contribution in [-0.4, -0.2) is 93.5 Å². The molecule has 0 radical (unpaired) electrons. The number of anilines is 1. The van der Waals surface area contributed by atoms with E-state index in [1.807, 2.05) is 0 Å². The summed E-state index contributed by atoms with van der Waals surface area (Å²) in [6.07, 6.45) is 1.36. The lowest BCUT2D eigenvalue weighted by Crippen LogP contribution is -2.55. The minimum Gasteiger partial charge on any atom is -0.378 e. The van der Waals surface area contributed by atoms with Gasteiger partial charge >= 0.3 is 6.03 Å². The van der Waals surface area contributed by atoms with Gasteiger partial charge in [-0.25, -0.2) is 13.2 Å². The molecule has 1 aromatic rings. The highest BCUT2D eigenvalue weighted by Crippen LogP contribution is 2.28. The van der Waals surface area contributed by atoms with E-state index in [-0.39, 0.29) is 29.9 Å². The molecule has 4 rings (SSSR count). The van der Waals surface area contributed by atoms with Gasteiger partial charge in [0, 0.05) is 57.9 Å². The number of hydrogen-bond donors (Lipinski definition) is 0. The van der Waals surface area contributed by atoms with Crippen molar-refractivity contribution in [3.05, 3.63) is 23.8 Å². The highest BCUT2D eigenvalue weighted by atomic mass is 32.2. The summed E-state index contributed by atoms with van der Waals surface area (Å²) in [5.74, 6) is 0.0751. The molecular formula is C20H28N4O5S. The lowest BCUT2D eigenvalue weighted by Gasteiger charge is -2.38. The van der Waals surface area contributed by atoms with Crippen LogP contribution in [0, 0.1) is 6.92 Å². The zero-order valence-corrected chi connectivity index (χ0v) is 18.1. The summed E-state index contributed by atoms with van der Waals surface area (Å²) in [6.45, 7) is 5.93. The second-order valence-corrected chi connectivity index (χ2v) is 9.78. The molecule has 30 heavy (non-hydrogen) atoms. The van der Waals surface area contributed by atoms with Gasteiger partial charge in [-0.3, -0.25) is 4.79 Å². The number of benzene rings is 1. The molecule has 0 spiro atoms. The van der Waals surface area contributed by atoms with E-state index in [9.17, 15) is 18.0 Å². The standard InChI is InChI=1S/C20H28N4O5S/c1-16-15-17(24-6-2-3-19(24)25)4-5-18(16)30(27,28)23-9-7-21(8-10-23)20(26)22-11-13-29-14-12-22/h4-5,15H,2-3,6-14H2,1H3. The van der Waals surface area contributed by atoms with E-state index in [0.717, 1.165) is 12.1 Å². The van der Waals surface area contributed by atoms with Crippen molar-refractivity contribution in [3.63, 3.8) is 0 Å². The normalized spacial score (nSPS) is 21.4. The first-order valence-electron chi connectivity index (χ1n) is 10.4. The number of nitrogens with zero attached hydrogens (tertiary/aromatic N) is 4. The van der Waals surface area contributed by atoms with Gasteiger partial charge in [0.2, 0.25) is 15.9 Å². The molecule has 3 saturated heterocycles. The topological polar surface area (TPSA) is 90.5 Å². The molecule has 0 atom stereocenters. The van der Waals surface area contributed by atoms with Crippen molar-refractivity contribution in [1.82, 2.24) is 14.1 Å². The molecule has 9 nitrogen and oxygen atoms in total. The molecule has 0 N–H and O–H groups in total. The van der Waals surface area contributed by atoms with Crippen LogP contribution >= 0.6 is 0 Å². The van der Waals surface area contributed by atoms with Crippen molar-refractivity contribution in [3.8, 4) is 0 Å². The minimum atomic E-state index is -3.66. The zero-order valence-electron chi connectivity index (χ0n) is 17.2. The molecule has 0 unspecified atom stereocenters. The number of piperazine rings is 1. The smallest absolute Gasteiger partial charge is 0.320 e. The van der Waals surface area contributed by atoms with E-state index in [4.69, 9.17) is 4.74 Å². The highest BCUT2D eigenvalue weighted by Gasteiger charge is 2.33. The maximum Gasteiger partial charge on any atom is 0.320 e. The van der Waals surface area contributed by atoms with Crippen molar-refractivity contribution in [2.24, 2.45) is 0 Å². The van der Waals surface area contributed by atoms with Crippen LogP contribution < -0.4 is 4.90 Å². The Kier molecular flexibility index (Phi) is 5.99. The molecule has 0 aromatic heterocycles. The third-order valence-corrected chi connectivity index (χ3v) is 8.01. The summed E-state index contributed by atoms with van der Waals surface area (Å²) in [6, 6.07) is 5.03. The molecule has 0 saturated carbocycles. The largest absolute Gasteiger partial charge is 0.378 e. The third kappa shape index (κ3) is 4.03. The summed E-state index contributed by atoms with van der Waals surface area (Å²) in [5.41, 5.74) is 1.37. The van der Waals surface area contributed by atoms with Crippen molar-refractivity contribution in [2.45, 2.75) is 24.7 Å². The molecular weight excluding hydrogens is 408 g/mol. The van der Waals surface area contributed by atoms with Gasteiger partial charge in [-0.2, -0.15) is 4.31 Å². The molecule has 3 fully saturated rings. The van der Waals surface area contributed by atoms with E-state index < -0.39 is 10.0 Å². The van der Waals surface area contributed by atoms with Gasteiger partial charge in [-0.05, 0) is 37.1 Å². The van der Waals surface area contributed by atoms with Crippen LogP contribution in [0.25, 0.3) is 0 Å². The summed E-state index contributed by atoms with van der Waals surface area (Å²) in [7, 11) is -3.66. The number of aryl methyl sites for hydroxylation is 1. The Hall–Kier alpha value is -2.17. The molecule has 3 amide bonds. The van der Waals surface area contributed by atoms with Gasteiger partial charge in [0.05, 0.1) is 18.1 Å². The lowest BCUT2D eigenvalue weighted by atomic mass is 10.2. The van der Waals surface area contributed by atoms with Crippen molar-refractivity contribution in [1.29, 1.82) is 0 Å². The van der Waals surface area contributed by atoms with Gasteiger partial charge in [0.1, 0.15) is 0 Å². The quantitative estimate of drug-likeness (QED) is 0.702. The number of sulfonamides is 1. The van der Waals surface area contributed by atoms with Crippen LogP contribution in [0.3, 0.4) is 0 Å². The fraction of sp³-hybridized carbons (Fsp3) is 0.600. The Morgan fingerprint density at radius 1 is 0.967 bits per heavy atom. The van der Waals surface area contributed by atoms with Crippen molar-refractivity contribution in [2.75, 3.05) is 63.9 Å². The summed E-state index contributed by atoms with van der Waals surface area (Å²) in [4.78, 5) is 30.0. The minimum absolute atomic E-state index is 0.0499. The van der Waals surface area contributed by atoms with E-state index in [1.165, 1.54) is 4.31 Å². The molecule has 164 valence electrons. The average molecular weight is 437 g/mol. The van der Waals surface area contributed by atoms with Crippen LogP contribution in [0.1, 0.15) is 18.4 Å². The predicted molar refractivity (Wildman–Crippen MR) is 111 cm³/mol. The number of carbonyl (C=O) groups excluding carboxylic acids is 2. The summed E-state index contributed by atoms with van der Waals surface area (Å²) < 4.78 is 33.1. The van der Waals surface area contributed by atoms with Gasteiger partial charge in [-0.1, -0.05) is 0 Å². The van der Waals surface area contributed by atoms with Crippen molar-refractivity contribution >= 4 is 27.6 Å². The van der Waals surface area contributed by atoms with Gasteiger partial charge in [-0.15, -0.1) is 0 Å². The maximum absolute atomic E-state index is 13.2. The second kappa shape index (κ2) is 8.52. The number of rotatable bonds is 3. The van der Waals surface area contributed by atoms with E-state index in [0.29, 0.717) is 57.9 Å². The van der Waals surface area contributed by atoms with Gasteiger partial charge < -0.3 is 19.4 Å². The van der Waals surface area contributed by atoms with Crippen molar-refractivity contribution < 1.29 is 22.7 Å². The predicted octanol–water partition coefficient (Wildman–Crippen LogP) is 0.880. The summed E-state index contributed by atoms with van der Waals surface area (Å²) in [5, 5.41) is 0. The number of morpholine rings is 1. The Bertz CT molecular complexity index is 921. The average Bonchev–Trinajstić information content (AvgIpc) is 3.19. The Balaban J connectivity index is 1.43. The van der Waals surface area contributed by atoms with E-state index in [1.54, 1.807) is 39.8 Å². The number of ether oxygens (including phenoxy) is 1. The van der Waals surface area contributed by atoms with Crippen LogP contribution in [0.5, 0.6) is 0 Å². The molecule has 1 aromatic carbocycles. The molecule has 3 aliphatic heterocycles. The third-order valence-electron chi connectivity index (χ3n) is 5.95. The Labute approximate surface area is 177 Å². The van der Waals surface area contributed by atoms with Gasteiger partial charge in [0.15, 0.2) is 0 Å². The lowest BCUT2D eigenvalue weighted by molar-refractivity contribution is -0.117. The number of carbonyl (C=O) groups is 2. The van der Waals surface area contributed by atoms with Crippen LogP contribution in [0.15, 0.2) is 23.1 Å². The van der Waals surface area contributed by atoms with Gasteiger partial charge in [0.25, 0.3) is 0 Å². The number of amides is 3. The molecule has 3 heterocycles. The number of hydrogen-bond acceptors (Lipinski definition) is 5. The Morgan fingerprint density at radius 2 is 1.63 bits per heavy atom. The molecule has 0 aliphatic carbocycles. The highest BCUT2D eigenvalue weighted by molar-refractivity contribution is 7.89. The maximum atomic E-state index is 13.2.